The largest absolute Gasteiger partial charge is 0.508 e. The van der Waals surface area contributed by atoms with Crippen molar-refractivity contribution in [2.75, 3.05) is 6.54 Å². The molecule has 0 spiro atoms. The van der Waals surface area contributed by atoms with Gasteiger partial charge in [0.1, 0.15) is 5.75 Å². The van der Waals surface area contributed by atoms with Gasteiger partial charge in [-0.15, -0.1) is 0 Å². The SMILES string of the molecule is CCCN(C(C)C)C1CCc2c(O)cccc21. The molecule has 1 atom stereocenters. The summed E-state index contributed by atoms with van der Waals surface area (Å²) in [6, 6.07) is 7.01. The van der Waals surface area contributed by atoms with E-state index < -0.39 is 0 Å². The van der Waals surface area contributed by atoms with E-state index in [1.165, 1.54) is 17.5 Å². The molecule has 0 radical (unpaired) electrons. The fourth-order valence-electron chi connectivity index (χ4n) is 2.99. The summed E-state index contributed by atoms with van der Waals surface area (Å²) in [6.07, 6.45) is 3.34. The van der Waals surface area contributed by atoms with Crippen LogP contribution in [0.1, 0.15) is 50.8 Å². The molecule has 17 heavy (non-hydrogen) atoms. The highest BCUT2D eigenvalue weighted by Gasteiger charge is 2.30. The summed E-state index contributed by atoms with van der Waals surface area (Å²) in [6.45, 7) is 7.89. The molecule has 1 aliphatic carbocycles. The summed E-state index contributed by atoms with van der Waals surface area (Å²) >= 11 is 0. The van der Waals surface area contributed by atoms with Gasteiger partial charge in [-0.2, -0.15) is 0 Å². The van der Waals surface area contributed by atoms with Crippen LogP contribution >= 0.6 is 0 Å². The molecule has 0 bridgehead atoms. The molecule has 2 rings (SSSR count). The molecule has 1 N–H and O–H groups in total. The van der Waals surface area contributed by atoms with Gasteiger partial charge < -0.3 is 5.11 Å². The zero-order chi connectivity index (χ0) is 12.4. The zero-order valence-corrected chi connectivity index (χ0v) is 11.1. The Morgan fingerprint density at radius 3 is 2.82 bits per heavy atom. The van der Waals surface area contributed by atoms with Crippen molar-refractivity contribution in [3.05, 3.63) is 29.3 Å². The summed E-state index contributed by atoms with van der Waals surface area (Å²) in [5.41, 5.74) is 2.51. The Labute approximate surface area is 104 Å². The number of benzene rings is 1. The van der Waals surface area contributed by atoms with Crippen molar-refractivity contribution in [2.24, 2.45) is 0 Å². The maximum atomic E-state index is 9.88. The number of nitrogens with zero attached hydrogens (tertiary/aromatic N) is 1. The van der Waals surface area contributed by atoms with Crippen LogP contribution in [0.5, 0.6) is 5.75 Å². The predicted octanol–water partition coefficient (Wildman–Crippen LogP) is 3.50. The van der Waals surface area contributed by atoms with E-state index in [2.05, 4.69) is 31.7 Å². The van der Waals surface area contributed by atoms with Crippen molar-refractivity contribution in [2.45, 2.75) is 52.1 Å². The van der Waals surface area contributed by atoms with E-state index in [1.807, 2.05) is 6.07 Å². The number of hydrogen-bond donors (Lipinski definition) is 1. The Kier molecular flexibility index (Phi) is 3.72. The van der Waals surface area contributed by atoms with Crippen molar-refractivity contribution >= 4 is 0 Å². The quantitative estimate of drug-likeness (QED) is 0.860. The Morgan fingerprint density at radius 2 is 2.18 bits per heavy atom. The molecule has 0 fully saturated rings. The van der Waals surface area contributed by atoms with Crippen LogP contribution in [0.3, 0.4) is 0 Å². The van der Waals surface area contributed by atoms with Crippen LogP contribution in [-0.4, -0.2) is 22.6 Å². The van der Waals surface area contributed by atoms with Gasteiger partial charge in [-0.25, -0.2) is 0 Å². The van der Waals surface area contributed by atoms with E-state index in [1.54, 1.807) is 6.07 Å². The molecule has 1 aromatic rings. The molecule has 2 heteroatoms. The van der Waals surface area contributed by atoms with E-state index in [4.69, 9.17) is 0 Å². The molecule has 1 aliphatic rings. The molecule has 1 aromatic carbocycles. The summed E-state index contributed by atoms with van der Waals surface area (Å²) in [5, 5.41) is 9.88. The third-order valence-corrected chi connectivity index (χ3v) is 3.76. The van der Waals surface area contributed by atoms with Crippen LogP contribution < -0.4 is 0 Å². The first-order valence-corrected chi connectivity index (χ1v) is 6.71. The Hall–Kier alpha value is -1.02. The van der Waals surface area contributed by atoms with Crippen LogP contribution in [0.15, 0.2) is 18.2 Å². The van der Waals surface area contributed by atoms with Crippen molar-refractivity contribution in [3.8, 4) is 5.75 Å². The maximum Gasteiger partial charge on any atom is 0.119 e. The molecule has 0 aromatic heterocycles. The van der Waals surface area contributed by atoms with E-state index in [9.17, 15) is 5.11 Å². The lowest BCUT2D eigenvalue weighted by atomic mass is 10.0. The van der Waals surface area contributed by atoms with Crippen LogP contribution in [0.25, 0.3) is 0 Å². The summed E-state index contributed by atoms with van der Waals surface area (Å²) < 4.78 is 0. The molecule has 2 nitrogen and oxygen atoms in total. The highest BCUT2D eigenvalue weighted by Crippen LogP contribution is 2.40. The molecule has 0 amide bonds. The highest BCUT2D eigenvalue weighted by molar-refractivity contribution is 5.44. The first kappa shape index (κ1) is 12.4. The minimum Gasteiger partial charge on any atom is -0.508 e. The Bertz CT molecular complexity index is 387. The second-order valence-electron chi connectivity index (χ2n) is 5.23. The lowest BCUT2D eigenvalue weighted by Gasteiger charge is -2.33. The molecular weight excluding hydrogens is 210 g/mol. The van der Waals surface area contributed by atoms with Crippen molar-refractivity contribution in [1.82, 2.24) is 4.90 Å². The number of aromatic hydroxyl groups is 1. The number of phenolic OH excluding ortho intramolecular Hbond substituents is 1. The minimum absolute atomic E-state index is 0.477. The molecule has 0 saturated heterocycles. The summed E-state index contributed by atoms with van der Waals surface area (Å²) in [7, 11) is 0. The number of hydrogen-bond acceptors (Lipinski definition) is 2. The molecule has 0 heterocycles. The molecule has 0 aliphatic heterocycles. The van der Waals surface area contributed by atoms with Gasteiger partial charge in [0.15, 0.2) is 0 Å². The molecular formula is C15H23NO. The van der Waals surface area contributed by atoms with Gasteiger partial charge in [0, 0.05) is 12.1 Å². The maximum absolute atomic E-state index is 9.88. The number of fused-ring (bicyclic) bond motifs is 1. The van der Waals surface area contributed by atoms with E-state index in [0.717, 1.165) is 19.4 Å². The second-order valence-corrected chi connectivity index (χ2v) is 5.23. The lowest BCUT2D eigenvalue weighted by molar-refractivity contribution is 0.153. The standard InChI is InChI=1S/C15H23NO/c1-4-10-16(11(2)3)14-9-8-13-12(14)6-5-7-15(13)17/h5-7,11,14,17H,4,8-10H2,1-3H3. The Balaban J connectivity index is 2.28. The third-order valence-electron chi connectivity index (χ3n) is 3.76. The Morgan fingerprint density at radius 1 is 1.41 bits per heavy atom. The van der Waals surface area contributed by atoms with E-state index in [0.29, 0.717) is 17.8 Å². The average Bonchev–Trinajstić information content (AvgIpc) is 2.70. The summed E-state index contributed by atoms with van der Waals surface area (Å²) in [5.74, 6) is 0.477. The van der Waals surface area contributed by atoms with Crippen LogP contribution in [0.2, 0.25) is 0 Å². The molecule has 94 valence electrons. The van der Waals surface area contributed by atoms with Gasteiger partial charge in [-0.3, -0.25) is 4.90 Å². The predicted molar refractivity (Wildman–Crippen MR) is 71.3 cm³/mol. The first-order chi connectivity index (χ1) is 8.15. The molecule has 1 unspecified atom stereocenters. The van der Waals surface area contributed by atoms with E-state index in [-0.39, 0.29) is 0 Å². The monoisotopic (exact) mass is 233 g/mol. The fourth-order valence-corrected chi connectivity index (χ4v) is 2.99. The van der Waals surface area contributed by atoms with Gasteiger partial charge in [0.25, 0.3) is 0 Å². The van der Waals surface area contributed by atoms with Gasteiger partial charge in [0.2, 0.25) is 0 Å². The fraction of sp³-hybridized carbons (Fsp3) is 0.600. The highest BCUT2D eigenvalue weighted by atomic mass is 16.3. The zero-order valence-electron chi connectivity index (χ0n) is 11.1. The first-order valence-electron chi connectivity index (χ1n) is 6.71. The van der Waals surface area contributed by atoms with Crippen molar-refractivity contribution in [1.29, 1.82) is 0 Å². The van der Waals surface area contributed by atoms with Gasteiger partial charge >= 0.3 is 0 Å². The average molecular weight is 233 g/mol. The van der Waals surface area contributed by atoms with Gasteiger partial charge in [0.05, 0.1) is 0 Å². The van der Waals surface area contributed by atoms with Crippen LogP contribution in [0, 0.1) is 0 Å². The smallest absolute Gasteiger partial charge is 0.119 e. The molecule has 0 saturated carbocycles. The lowest BCUT2D eigenvalue weighted by Crippen LogP contribution is -2.34. The minimum atomic E-state index is 0.477. The summed E-state index contributed by atoms with van der Waals surface area (Å²) in [4.78, 5) is 2.56. The third kappa shape index (κ3) is 2.32. The van der Waals surface area contributed by atoms with Crippen LogP contribution in [-0.2, 0) is 6.42 Å². The topological polar surface area (TPSA) is 23.5 Å². The number of rotatable bonds is 4. The normalized spacial score (nSPS) is 19.0. The van der Waals surface area contributed by atoms with E-state index >= 15 is 0 Å². The second kappa shape index (κ2) is 5.09. The number of phenols is 1. The van der Waals surface area contributed by atoms with Crippen molar-refractivity contribution < 1.29 is 5.11 Å². The van der Waals surface area contributed by atoms with Crippen LogP contribution in [0.4, 0.5) is 0 Å². The van der Waals surface area contributed by atoms with Gasteiger partial charge in [-0.05, 0) is 56.8 Å². The van der Waals surface area contributed by atoms with Gasteiger partial charge in [-0.1, -0.05) is 19.1 Å². The van der Waals surface area contributed by atoms with Crippen molar-refractivity contribution in [3.63, 3.8) is 0 Å².